The van der Waals surface area contributed by atoms with E-state index < -0.39 is 0 Å². The number of anilines is 6. The van der Waals surface area contributed by atoms with Crippen LogP contribution >= 0.6 is 0 Å². The monoisotopic (exact) mass is 798 g/mol. The predicted octanol–water partition coefficient (Wildman–Crippen LogP) is 16.8. The highest BCUT2D eigenvalue weighted by Crippen LogP contribution is 2.61. The maximum atomic E-state index is 2.51. The largest absolute Gasteiger partial charge is 0.310 e. The molecule has 0 atom stereocenters. The molecule has 0 aromatic heterocycles. The number of nitrogens with zero attached hydrogens (tertiary/aromatic N) is 2. The molecular formula is C59H62N2. The fraction of sp³-hybridized carbons (Fsp3) is 0.288. The summed E-state index contributed by atoms with van der Waals surface area (Å²) in [7, 11) is 0. The van der Waals surface area contributed by atoms with Gasteiger partial charge in [-0.05, 0) is 171 Å². The van der Waals surface area contributed by atoms with Gasteiger partial charge in [0, 0.05) is 45.0 Å². The molecule has 7 aromatic rings. The van der Waals surface area contributed by atoms with Gasteiger partial charge in [-0.3, -0.25) is 0 Å². The van der Waals surface area contributed by atoms with Crippen molar-refractivity contribution in [2.24, 2.45) is 0 Å². The lowest BCUT2D eigenvalue weighted by molar-refractivity contribution is 0.586. The summed E-state index contributed by atoms with van der Waals surface area (Å²) in [6.45, 7) is 30.6. The molecule has 2 nitrogen and oxygen atoms in total. The van der Waals surface area contributed by atoms with Crippen molar-refractivity contribution in [3.05, 3.63) is 190 Å². The molecule has 2 aliphatic rings. The lowest BCUT2D eigenvalue weighted by Crippen LogP contribution is -2.24. The van der Waals surface area contributed by atoms with Crippen molar-refractivity contribution < 1.29 is 0 Å². The zero-order valence-corrected chi connectivity index (χ0v) is 38.7. The SMILES string of the molecule is Cc1cc(N(c2ccccc2)c2cccc(C(C)(C)C)c2)cc2c1-c1ccc3c(c1C2(C)C)C(C)(C)c1cc(N(c2ccccc2)c2cccc(C(C)(C)C)c2C)cc(C)c1-3. The number of para-hydroxylation sites is 2. The number of benzene rings is 7. The van der Waals surface area contributed by atoms with Crippen LogP contribution in [0, 0.1) is 20.8 Å². The fourth-order valence-corrected chi connectivity index (χ4v) is 10.9. The van der Waals surface area contributed by atoms with E-state index in [1.165, 1.54) is 101 Å². The van der Waals surface area contributed by atoms with E-state index in [2.05, 4.69) is 239 Å². The molecule has 0 saturated heterocycles. The normalized spacial score (nSPS) is 14.6. The van der Waals surface area contributed by atoms with E-state index in [0.29, 0.717) is 0 Å². The zero-order valence-electron chi connectivity index (χ0n) is 38.7. The van der Waals surface area contributed by atoms with Gasteiger partial charge in [0.2, 0.25) is 0 Å². The Kier molecular flexibility index (Phi) is 9.37. The van der Waals surface area contributed by atoms with E-state index in [1.54, 1.807) is 0 Å². The molecular weight excluding hydrogens is 737 g/mol. The molecule has 0 radical (unpaired) electrons. The summed E-state index contributed by atoms with van der Waals surface area (Å²) in [5, 5.41) is 0. The third kappa shape index (κ3) is 6.44. The topological polar surface area (TPSA) is 6.48 Å². The summed E-state index contributed by atoms with van der Waals surface area (Å²) in [6, 6.07) is 52.4. The summed E-state index contributed by atoms with van der Waals surface area (Å²) in [5.74, 6) is 0. The van der Waals surface area contributed by atoms with Gasteiger partial charge in [0.1, 0.15) is 0 Å². The smallest absolute Gasteiger partial charge is 0.0493 e. The second-order valence-corrected chi connectivity index (χ2v) is 20.9. The van der Waals surface area contributed by atoms with Crippen LogP contribution in [0.2, 0.25) is 0 Å². The van der Waals surface area contributed by atoms with Crippen LogP contribution in [0.15, 0.2) is 140 Å². The van der Waals surface area contributed by atoms with Gasteiger partial charge >= 0.3 is 0 Å². The summed E-state index contributed by atoms with van der Waals surface area (Å²) in [4.78, 5) is 4.94. The van der Waals surface area contributed by atoms with Gasteiger partial charge in [-0.25, -0.2) is 0 Å². The lowest BCUT2D eigenvalue weighted by atomic mass is 9.72. The van der Waals surface area contributed by atoms with Crippen molar-refractivity contribution in [3.8, 4) is 22.3 Å². The van der Waals surface area contributed by atoms with E-state index in [4.69, 9.17) is 0 Å². The molecule has 7 aromatic carbocycles. The quantitative estimate of drug-likeness (QED) is 0.165. The molecule has 0 unspecified atom stereocenters. The molecule has 0 saturated carbocycles. The van der Waals surface area contributed by atoms with Crippen LogP contribution in [0.4, 0.5) is 34.1 Å². The van der Waals surface area contributed by atoms with E-state index in [1.807, 2.05) is 0 Å². The first-order valence-electron chi connectivity index (χ1n) is 22.2. The van der Waals surface area contributed by atoms with E-state index in [9.17, 15) is 0 Å². The summed E-state index contributed by atoms with van der Waals surface area (Å²) in [6.07, 6.45) is 0. The predicted molar refractivity (Wildman–Crippen MR) is 263 cm³/mol. The molecule has 0 bridgehead atoms. The van der Waals surface area contributed by atoms with Gasteiger partial charge in [-0.2, -0.15) is 0 Å². The van der Waals surface area contributed by atoms with Gasteiger partial charge in [0.15, 0.2) is 0 Å². The highest BCUT2D eigenvalue weighted by Gasteiger charge is 2.47. The van der Waals surface area contributed by atoms with Crippen LogP contribution in [-0.2, 0) is 21.7 Å². The molecule has 0 amide bonds. The Labute approximate surface area is 365 Å². The van der Waals surface area contributed by atoms with Crippen LogP contribution in [0.3, 0.4) is 0 Å². The Hall–Kier alpha value is -5.86. The molecule has 0 N–H and O–H groups in total. The zero-order chi connectivity index (χ0) is 43.4. The molecule has 308 valence electrons. The molecule has 2 aliphatic carbocycles. The van der Waals surface area contributed by atoms with Gasteiger partial charge in [-0.1, -0.05) is 142 Å². The van der Waals surface area contributed by atoms with Crippen LogP contribution in [0.1, 0.15) is 119 Å². The second-order valence-electron chi connectivity index (χ2n) is 20.9. The number of hydrogen-bond donors (Lipinski definition) is 0. The Morgan fingerprint density at radius 3 is 1.36 bits per heavy atom. The van der Waals surface area contributed by atoms with E-state index in [0.717, 1.165) is 5.69 Å². The van der Waals surface area contributed by atoms with Crippen molar-refractivity contribution in [3.63, 3.8) is 0 Å². The summed E-state index contributed by atoms with van der Waals surface area (Å²) < 4.78 is 0. The van der Waals surface area contributed by atoms with Crippen molar-refractivity contribution in [2.45, 2.75) is 112 Å². The molecule has 2 heteroatoms. The third-order valence-electron chi connectivity index (χ3n) is 13.9. The average molecular weight is 799 g/mol. The first-order chi connectivity index (χ1) is 28.8. The minimum atomic E-state index is -0.235. The maximum Gasteiger partial charge on any atom is 0.0493 e. The van der Waals surface area contributed by atoms with Crippen LogP contribution in [-0.4, -0.2) is 0 Å². The molecule has 0 aliphatic heterocycles. The summed E-state index contributed by atoms with van der Waals surface area (Å²) >= 11 is 0. The standard InChI is InChI=1S/C59H62N2/c1-37-32-44(60(41-23-16-14-17-24-41)43-27-20-22-40(34-43)56(4,5)6)35-49-52(37)46-30-31-47-53-38(2)33-45(36-50(53)59(12,13)55(47)54(46)58(49,10)11)61(42-25-18-15-19-26-42)51-29-21-28-48(39(51)3)57(7,8)9/h14-36H,1-13H3. The van der Waals surface area contributed by atoms with Crippen molar-refractivity contribution in [1.82, 2.24) is 0 Å². The molecule has 0 spiro atoms. The van der Waals surface area contributed by atoms with Crippen LogP contribution in [0.5, 0.6) is 0 Å². The number of rotatable bonds is 6. The Morgan fingerprint density at radius 1 is 0.410 bits per heavy atom. The van der Waals surface area contributed by atoms with Crippen molar-refractivity contribution >= 4 is 34.1 Å². The molecule has 61 heavy (non-hydrogen) atoms. The molecule has 9 rings (SSSR count). The molecule has 0 fully saturated rings. The second kappa shape index (κ2) is 14.1. The Morgan fingerprint density at radius 2 is 0.869 bits per heavy atom. The Balaban J connectivity index is 1.20. The first-order valence-corrected chi connectivity index (χ1v) is 22.2. The summed E-state index contributed by atoms with van der Waals surface area (Å²) in [5.41, 5.74) is 24.6. The van der Waals surface area contributed by atoms with Gasteiger partial charge in [0.05, 0.1) is 0 Å². The van der Waals surface area contributed by atoms with Gasteiger partial charge in [-0.15, -0.1) is 0 Å². The van der Waals surface area contributed by atoms with E-state index in [-0.39, 0.29) is 21.7 Å². The minimum absolute atomic E-state index is 0.0288. The van der Waals surface area contributed by atoms with Crippen LogP contribution in [0.25, 0.3) is 22.3 Å². The number of hydrogen-bond acceptors (Lipinski definition) is 2. The maximum absolute atomic E-state index is 2.51. The van der Waals surface area contributed by atoms with Gasteiger partial charge in [0.25, 0.3) is 0 Å². The van der Waals surface area contributed by atoms with E-state index >= 15 is 0 Å². The number of fused-ring (bicyclic) bond motifs is 7. The minimum Gasteiger partial charge on any atom is -0.310 e. The molecule has 0 heterocycles. The highest BCUT2D eigenvalue weighted by atomic mass is 15.1. The van der Waals surface area contributed by atoms with Crippen molar-refractivity contribution in [1.29, 1.82) is 0 Å². The average Bonchev–Trinajstić information content (AvgIpc) is 3.58. The Bertz CT molecular complexity index is 2840. The number of aryl methyl sites for hydroxylation is 2. The first kappa shape index (κ1) is 40.5. The fourth-order valence-electron chi connectivity index (χ4n) is 10.9. The van der Waals surface area contributed by atoms with Crippen molar-refractivity contribution in [2.75, 3.05) is 9.80 Å². The van der Waals surface area contributed by atoms with Crippen LogP contribution < -0.4 is 9.80 Å². The van der Waals surface area contributed by atoms with Gasteiger partial charge < -0.3 is 9.80 Å². The third-order valence-corrected chi connectivity index (χ3v) is 13.9. The highest BCUT2D eigenvalue weighted by molar-refractivity contribution is 5.96. The lowest BCUT2D eigenvalue weighted by Gasteiger charge is -2.33.